The minimum atomic E-state index is -4.53. The number of thiophene rings is 1. The van der Waals surface area contributed by atoms with Crippen LogP contribution >= 0.6 is 23.1 Å². The predicted octanol–water partition coefficient (Wildman–Crippen LogP) is 4.50. The van der Waals surface area contributed by atoms with Gasteiger partial charge in [0.2, 0.25) is 5.91 Å². The normalized spacial score (nSPS) is 16.1. The van der Waals surface area contributed by atoms with Gasteiger partial charge in [-0.1, -0.05) is 11.8 Å². The molecule has 1 aliphatic rings. The molecule has 1 fully saturated rings. The Morgan fingerprint density at radius 3 is 2.71 bits per heavy atom. The number of pyridine rings is 2. The quantitative estimate of drug-likeness (QED) is 0.291. The number of carbonyl (C=O) groups excluding carboxylic acids is 2. The molecule has 12 heteroatoms. The first kappa shape index (κ1) is 28.5. The number of fused-ring (bicyclic) bond motifs is 1. The number of carbonyl (C=O) groups is 2. The van der Waals surface area contributed by atoms with Crippen molar-refractivity contribution in [1.29, 1.82) is 0 Å². The van der Waals surface area contributed by atoms with Gasteiger partial charge < -0.3 is 15.3 Å². The largest absolute Gasteiger partial charge is 0.417 e. The summed E-state index contributed by atoms with van der Waals surface area (Å²) in [5.41, 5.74) is 0.114. The highest BCUT2D eigenvalue weighted by Crippen LogP contribution is 2.34. The van der Waals surface area contributed by atoms with Crippen molar-refractivity contribution in [3.05, 3.63) is 51.5 Å². The third kappa shape index (κ3) is 7.31. The van der Waals surface area contributed by atoms with Crippen LogP contribution in [0.5, 0.6) is 0 Å². The molecule has 204 valence electrons. The Morgan fingerprint density at radius 2 is 2.00 bits per heavy atom. The van der Waals surface area contributed by atoms with Crippen molar-refractivity contribution >= 4 is 45.7 Å². The molecule has 4 rings (SSSR count). The van der Waals surface area contributed by atoms with Crippen LogP contribution in [0.1, 0.15) is 45.1 Å². The first-order valence-corrected chi connectivity index (χ1v) is 14.1. The summed E-state index contributed by atoms with van der Waals surface area (Å²) in [7, 11) is 2.04. The summed E-state index contributed by atoms with van der Waals surface area (Å²) in [5.74, 6) is -0.545. The molecule has 0 unspecified atom stereocenters. The molecular formula is C26H29F3N4O3S2. The molecule has 0 saturated carbocycles. The number of halogens is 3. The van der Waals surface area contributed by atoms with Crippen LogP contribution in [0.15, 0.2) is 35.5 Å². The summed E-state index contributed by atoms with van der Waals surface area (Å²) in [6.07, 6.45) is -2.45. The average molecular weight is 567 g/mol. The third-order valence-corrected chi connectivity index (χ3v) is 8.59. The van der Waals surface area contributed by atoms with E-state index in [2.05, 4.69) is 20.2 Å². The highest BCUT2D eigenvalue weighted by atomic mass is 32.2. The molecule has 3 aromatic rings. The first-order valence-electron chi connectivity index (χ1n) is 12.3. The fraction of sp³-hybridized carbons (Fsp3) is 0.462. The smallest absolute Gasteiger partial charge is 0.383 e. The Bertz CT molecular complexity index is 1310. The van der Waals surface area contributed by atoms with Gasteiger partial charge in [0.25, 0.3) is 0 Å². The van der Waals surface area contributed by atoms with E-state index in [-0.39, 0.29) is 35.3 Å². The highest BCUT2D eigenvalue weighted by molar-refractivity contribution is 8.00. The Balaban J connectivity index is 1.32. The lowest BCUT2D eigenvalue weighted by Gasteiger charge is -2.30. The minimum absolute atomic E-state index is 0.00333. The third-order valence-electron chi connectivity index (χ3n) is 6.41. The molecule has 0 bridgehead atoms. The molecule has 1 saturated heterocycles. The van der Waals surface area contributed by atoms with E-state index in [0.717, 1.165) is 54.8 Å². The molecule has 0 aliphatic carbocycles. The molecule has 2 N–H and O–H groups in total. The van der Waals surface area contributed by atoms with E-state index in [4.69, 9.17) is 0 Å². The van der Waals surface area contributed by atoms with Crippen molar-refractivity contribution in [3.8, 4) is 0 Å². The second kappa shape index (κ2) is 12.1. The van der Waals surface area contributed by atoms with E-state index in [1.54, 1.807) is 25.1 Å². The highest BCUT2D eigenvalue weighted by Gasteiger charge is 2.31. The number of amides is 1. The molecular weight excluding hydrogens is 537 g/mol. The predicted molar refractivity (Wildman–Crippen MR) is 142 cm³/mol. The van der Waals surface area contributed by atoms with Crippen LogP contribution in [0.3, 0.4) is 0 Å². The van der Waals surface area contributed by atoms with Gasteiger partial charge in [0.1, 0.15) is 11.1 Å². The fourth-order valence-electron chi connectivity index (χ4n) is 4.20. The second-order valence-electron chi connectivity index (χ2n) is 9.48. The molecule has 0 aromatic carbocycles. The number of hydrogen-bond acceptors (Lipinski definition) is 8. The van der Waals surface area contributed by atoms with E-state index < -0.39 is 17.8 Å². The number of ketones is 1. The van der Waals surface area contributed by atoms with E-state index in [0.29, 0.717) is 27.5 Å². The van der Waals surface area contributed by atoms with E-state index in [9.17, 15) is 27.9 Å². The van der Waals surface area contributed by atoms with Gasteiger partial charge in [-0.25, -0.2) is 4.98 Å². The molecule has 4 heterocycles. The summed E-state index contributed by atoms with van der Waals surface area (Å²) >= 11 is 2.36. The van der Waals surface area contributed by atoms with E-state index in [1.807, 2.05) is 7.05 Å². The topological polar surface area (TPSA) is 95.4 Å². The van der Waals surface area contributed by atoms with Crippen LogP contribution < -0.4 is 5.32 Å². The van der Waals surface area contributed by atoms with Crippen LogP contribution in [-0.4, -0.2) is 69.7 Å². The number of aliphatic hydroxyl groups excluding tert-OH is 1. The van der Waals surface area contributed by atoms with Crippen molar-refractivity contribution in [2.24, 2.45) is 0 Å². The van der Waals surface area contributed by atoms with Crippen LogP contribution in [0.25, 0.3) is 10.9 Å². The standard InChI is InChI=1S/C26H29F3N4O3S2/c1-15-11-20-19(12-16(13-30-20)26(27,28)29)25(31-15)37-14-22(35)23-6-4-18(38-23)3-5-21(34)24(36)32-17-7-9-33(2)10-8-17/h4,6,11-13,17,21,34H,3,5,7-10,14H2,1-2H3,(H,32,36)/t21-/m0/s1. The lowest BCUT2D eigenvalue weighted by atomic mass is 10.0. The van der Waals surface area contributed by atoms with Crippen molar-refractivity contribution in [2.75, 3.05) is 25.9 Å². The molecule has 0 spiro atoms. The fourth-order valence-corrected chi connectivity index (χ4v) is 6.21. The SMILES string of the molecule is Cc1cc2ncc(C(F)(F)F)cc2c(SCC(=O)c2ccc(CC[C@H](O)C(=O)NC3CCN(C)CC3)s2)n1. The number of piperidine rings is 1. The Kier molecular flexibility index (Phi) is 9.07. The number of thioether (sulfide) groups is 1. The first-order chi connectivity index (χ1) is 18.0. The van der Waals surface area contributed by atoms with E-state index >= 15 is 0 Å². The van der Waals surface area contributed by atoms with Gasteiger partial charge in [0.15, 0.2) is 5.78 Å². The van der Waals surface area contributed by atoms with Crippen LogP contribution in [0.2, 0.25) is 0 Å². The molecule has 0 radical (unpaired) electrons. The van der Waals surface area contributed by atoms with Gasteiger partial charge in [0.05, 0.1) is 21.7 Å². The molecule has 1 atom stereocenters. The van der Waals surface area contributed by atoms with Gasteiger partial charge in [-0.15, -0.1) is 11.3 Å². The minimum Gasteiger partial charge on any atom is -0.383 e. The average Bonchev–Trinajstić information content (AvgIpc) is 3.35. The zero-order valence-electron chi connectivity index (χ0n) is 21.0. The van der Waals surface area contributed by atoms with Crippen molar-refractivity contribution in [1.82, 2.24) is 20.2 Å². The number of aliphatic hydroxyl groups is 1. The van der Waals surface area contributed by atoms with Gasteiger partial charge in [-0.3, -0.25) is 14.6 Å². The number of nitrogens with zero attached hydrogens (tertiary/aromatic N) is 3. The Hall–Kier alpha value is -2.54. The number of hydrogen-bond donors (Lipinski definition) is 2. The molecule has 1 aliphatic heterocycles. The summed E-state index contributed by atoms with van der Waals surface area (Å²) in [4.78, 5) is 37.0. The maximum Gasteiger partial charge on any atom is 0.417 e. The number of aromatic nitrogens is 2. The number of aryl methyl sites for hydroxylation is 2. The summed E-state index contributed by atoms with van der Waals surface area (Å²) in [5, 5.41) is 13.8. The monoisotopic (exact) mass is 566 g/mol. The van der Waals surface area contributed by atoms with Gasteiger partial charge in [-0.05, 0) is 77.0 Å². The van der Waals surface area contributed by atoms with Gasteiger partial charge >= 0.3 is 6.18 Å². The van der Waals surface area contributed by atoms with Gasteiger partial charge in [0, 0.05) is 28.2 Å². The Morgan fingerprint density at radius 1 is 1.26 bits per heavy atom. The van der Waals surface area contributed by atoms with Crippen molar-refractivity contribution < 1.29 is 27.9 Å². The lowest BCUT2D eigenvalue weighted by molar-refractivity contribution is -0.137. The van der Waals surface area contributed by atoms with Crippen molar-refractivity contribution in [2.45, 2.75) is 56.0 Å². The number of nitrogens with one attached hydrogen (secondary N) is 1. The summed E-state index contributed by atoms with van der Waals surface area (Å²) in [6, 6.07) is 6.19. The molecule has 1 amide bonds. The molecule has 3 aromatic heterocycles. The number of likely N-dealkylation sites (tertiary alicyclic amines) is 1. The lowest BCUT2D eigenvalue weighted by Crippen LogP contribution is -2.46. The molecule has 38 heavy (non-hydrogen) atoms. The van der Waals surface area contributed by atoms with E-state index in [1.165, 1.54) is 11.3 Å². The zero-order chi connectivity index (χ0) is 27.4. The van der Waals surface area contributed by atoms with Crippen LogP contribution in [0, 0.1) is 6.92 Å². The Labute approximate surface area is 226 Å². The number of rotatable bonds is 9. The second-order valence-corrected chi connectivity index (χ2v) is 11.6. The maximum atomic E-state index is 13.2. The van der Waals surface area contributed by atoms with Crippen molar-refractivity contribution in [3.63, 3.8) is 0 Å². The molecule has 7 nitrogen and oxygen atoms in total. The summed E-state index contributed by atoms with van der Waals surface area (Å²) < 4.78 is 39.5. The maximum absolute atomic E-state index is 13.2. The van der Waals surface area contributed by atoms with Crippen LogP contribution in [-0.2, 0) is 17.4 Å². The zero-order valence-corrected chi connectivity index (χ0v) is 22.7. The number of Topliss-reactive ketones (excluding diaryl/α,β-unsaturated/α-hetero) is 1. The van der Waals surface area contributed by atoms with Gasteiger partial charge in [-0.2, -0.15) is 13.2 Å². The van der Waals surface area contributed by atoms with Crippen LogP contribution in [0.4, 0.5) is 13.2 Å². The number of alkyl halides is 3. The summed E-state index contributed by atoms with van der Waals surface area (Å²) in [6.45, 7) is 3.54.